The predicted molar refractivity (Wildman–Crippen MR) is 60.1 cm³/mol. The number of carbonyl (C=O) groups is 2. The van der Waals surface area contributed by atoms with E-state index in [1.165, 1.54) is 0 Å². The summed E-state index contributed by atoms with van der Waals surface area (Å²) >= 11 is 0. The molecule has 94 valence electrons. The van der Waals surface area contributed by atoms with Gasteiger partial charge in [-0.15, -0.1) is 0 Å². The molecule has 5 heteroatoms. The van der Waals surface area contributed by atoms with Crippen LogP contribution >= 0.6 is 0 Å². The average molecular weight is 231 g/mol. The molecule has 0 aliphatic heterocycles. The van der Waals surface area contributed by atoms with Gasteiger partial charge in [0.15, 0.2) is 0 Å². The molecule has 5 nitrogen and oxygen atoms in total. The molecule has 0 spiro atoms. The minimum absolute atomic E-state index is 0.0439. The summed E-state index contributed by atoms with van der Waals surface area (Å²) in [5, 5.41) is 11.4. The highest BCUT2D eigenvalue weighted by Gasteiger charge is 2.25. The molecule has 0 aromatic rings. The van der Waals surface area contributed by atoms with Crippen molar-refractivity contribution < 1.29 is 19.4 Å². The normalized spacial score (nSPS) is 14.6. The van der Waals surface area contributed by atoms with Gasteiger partial charge >= 0.3 is 5.97 Å². The van der Waals surface area contributed by atoms with Crippen molar-refractivity contribution in [3.8, 4) is 0 Å². The fourth-order valence-electron chi connectivity index (χ4n) is 1.14. The lowest BCUT2D eigenvalue weighted by Gasteiger charge is -2.20. The first-order valence-corrected chi connectivity index (χ1v) is 5.52. The van der Waals surface area contributed by atoms with E-state index in [0.29, 0.717) is 6.42 Å². The Hall–Kier alpha value is -1.10. The Kier molecular flexibility index (Phi) is 6.72. The number of nitrogens with one attached hydrogen (secondary N) is 1. The van der Waals surface area contributed by atoms with Gasteiger partial charge in [-0.1, -0.05) is 20.3 Å². The van der Waals surface area contributed by atoms with E-state index in [9.17, 15) is 9.59 Å². The number of carboxylic acids is 1. The lowest BCUT2D eigenvalue weighted by atomic mass is 9.99. The van der Waals surface area contributed by atoms with Crippen molar-refractivity contribution in [2.75, 3.05) is 6.61 Å². The van der Waals surface area contributed by atoms with Crippen molar-refractivity contribution in [3.63, 3.8) is 0 Å². The molecule has 0 bridgehead atoms. The molecule has 0 aliphatic rings. The zero-order chi connectivity index (χ0) is 12.7. The van der Waals surface area contributed by atoms with Crippen molar-refractivity contribution >= 4 is 11.9 Å². The molecule has 0 radical (unpaired) electrons. The SMILES string of the molecule is CCC(C)[C@H](NC(=O)COC(C)C)C(=O)O. The molecule has 16 heavy (non-hydrogen) atoms. The number of hydrogen-bond donors (Lipinski definition) is 2. The van der Waals surface area contributed by atoms with Gasteiger partial charge in [0.05, 0.1) is 6.10 Å². The molecule has 2 N–H and O–H groups in total. The molecule has 0 aromatic heterocycles. The first kappa shape index (κ1) is 14.9. The van der Waals surface area contributed by atoms with Gasteiger partial charge in [0.25, 0.3) is 0 Å². The van der Waals surface area contributed by atoms with Crippen LogP contribution in [0.3, 0.4) is 0 Å². The Morgan fingerprint density at radius 1 is 1.31 bits per heavy atom. The molecule has 0 saturated heterocycles. The van der Waals surface area contributed by atoms with E-state index in [1.54, 1.807) is 6.92 Å². The average Bonchev–Trinajstić information content (AvgIpc) is 2.21. The van der Waals surface area contributed by atoms with Gasteiger partial charge in [0.1, 0.15) is 12.6 Å². The first-order valence-electron chi connectivity index (χ1n) is 5.52. The highest BCUT2D eigenvalue weighted by molar-refractivity contribution is 5.84. The quantitative estimate of drug-likeness (QED) is 0.686. The maximum Gasteiger partial charge on any atom is 0.326 e. The second-order valence-corrected chi connectivity index (χ2v) is 4.13. The number of hydrogen-bond acceptors (Lipinski definition) is 3. The number of aliphatic carboxylic acids is 1. The number of carboxylic acid groups (broad SMARTS) is 1. The van der Waals surface area contributed by atoms with Gasteiger partial charge in [0.2, 0.25) is 5.91 Å². The number of amides is 1. The number of rotatable bonds is 7. The summed E-state index contributed by atoms with van der Waals surface area (Å²) in [6.07, 6.45) is 0.653. The van der Waals surface area contributed by atoms with Crippen molar-refractivity contribution in [1.82, 2.24) is 5.32 Å². The Morgan fingerprint density at radius 2 is 1.88 bits per heavy atom. The minimum atomic E-state index is -1.01. The van der Waals surface area contributed by atoms with Crippen LogP contribution in [0.2, 0.25) is 0 Å². The predicted octanol–water partition coefficient (Wildman–Crippen LogP) is 1.03. The molecule has 1 unspecified atom stereocenters. The van der Waals surface area contributed by atoms with Gasteiger partial charge in [-0.05, 0) is 19.8 Å². The summed E-state index contributed by atoms with van der Waals surface area (Å²) in [5.41, 5.74) is 0. The second kappa shape index (κ2) is 7.22. The van der Waals surface area contributed by atoms with Crippen LogP contribution in [0, 0.1) is 5.92 Å². The summed E-state index contributed by atoms with van der Waals surface area (Å²) in [5.74, 6) is -1.49. The molecule has 2 atom stereocenters. The summed E-state index contributed by atoms with van der Waals surface area (Å²) in [7, 11) is 0. The number of carbonyl (C=O) groups excluding carboxylic acids is 1. The number of ether oxygens (including phenoxy) is 1. The Bertz CT molecular complexity index is 240. The molecule has 0 fully saturated rings. The van der Waals surface area contributed by atoms with E-state index < -0.39 is 12.0 Å². The fraction of sp³-hybridized carbons (Fsp3) is 0.818. The van der Waals surface area contributed by atoms with Crippen LogP contribution in [-0.4, -0.2) is 35.7 Å². The zero-order valence-corrected chi connectivity index (χ0v) is 10.3. The fourth-order valence-corrected chi connectivity index (χ4v) is 1.14. The monoisotopic (exact) mass is 231 g/mol. The van der Waals surface area contributed by atoms with Crippen LogP contribution in [0.1, 0.15) is 34.1 Å². The maximum absolute atomic E-state index is 11.4. The first-order chi connectivity index (χ1) is 7.38. The topological polar surface area (TPSA) is 75.6 Å². The maximum atomic E-state index is 11.4. The van der Waals surface area contributed by atoms with Gasteiger partial charge < -0.3 is 15.2 Å². The standard InChI is InChI=1S/C11H21NO4/c1-5-8(4)10(11(14)15)12-9(13)6-16-7(2)3/h7-8,10H,5-6H2,1-4H3,(H,12,13)(H,14,15)/t8?,10-/m0/s1. The van der Waals surface area contributed by atoms with Gasteiger partial charge in [-0.3, -0.25) is 4.79 Å². The van der Waals surface area contributed by atoms with Crippen LogP contribution in [0.5, 0.6) is 0 Å². The smallest absolute Gasteiger partial charge is 0.326 e. The van der Waals surface area contributed by atoms with Crippen molar-refractivity contribution in [3.05, 3.63) is 0 Å². The molecule has 0 saturated carbocycles. The van der Waals surface area contributed by atoms with E-state index >= 15 is 0 Å². The molecule has 0 aromatic carbocycles. The molecule has 1 amide bonds. The van der Waals surface area contributed by atoms with Gasteiger partial charge in [-0.2, -0.15) is 0 Å². The largest absolute Gasteiger partial charge is 0.480 e. The zero-order valence-electron chi connectivity index (χ0n) is 10.3. The van der Waals surface area contributed by atoms with Crippen LogP contribution in [0.15, 0.2) is 0 Å². The van der Waals surface area contributed by atoms with Crippen LogP contribution in [-0.2, 0) is 14.3 Å². The lowest BCUT2D eigenvalue weighted by molar-refractivity contribution is -0.144. The lowest BCUT2D eigenvalue weighted by Crippen LogP contribution is -2.46. The van der Waals surface area contributed by atoms with Crippen LogP contribution < -0.4 is 5.32 Å². The van der Waals surface area contributed by atoms with E-state index in [2.05, 4.69) is 5.32 Å². The van der Waals surface area contributed by atoms with Crippen molar-refractivity contribution in [2.45, 2.75) is 46.3 Å². The highest BCUT2D eigenvalue weighted by atomic mass is 16.5. The molecule has 0 rings (SSSR count). The molecule has 0 aliphatic carbocycles. The highest BCUT2D eigenvalue weighted by Crippen LogP contribution is 2.07. The third-order valence-corrected chi connectivity index (χ3v) is 2.34. The van der Waals surface area contributed by atoms with E-state index in [4.69, 9.17) is 9.84 Å². The Morgan fingerprint density at radius 3 is 2.25 bits per heavy atom. The van der Waals surface area contributed by atoms with Gasteiger partial charge in [0, 0.05) is 0 Å². The molecule has 0 heterocycles. The summed E-state index contributed by atoms with van der Waals surface area (Å²) in [6, 6.07) is -0.840. The molecular formula is C11H21NO4. The second-order valence-electron chi connectivity index (χ2n) is 4.13. The van der Waals surface area contributed by atoms with Crippen molar-refractivity contribution in [1.29, 1.82) is 0 Å². The minimum Gasteiger partial charge on any atom is -0.480 e. The third kappa shape index (κ3) is 5.70. The van der Waals surface area contributed by atoms with E-state index in [1.807, 2.05) is 20.8 Å². The Labute approximate surface area is 96.2 Å². The summed E-state index contributed by atoms with van der Waals surface area (Å²) in [4.78, 5) is 22.3. The van der Waals surface area contributed by atoms with Crippen LogP contribution in [0.4, 0.5) is 0 Å². The van der Waals surface area contributed by atoms with E-state index in [-0.39, 0.29) is 24.5 Å². The Balaban J connectivity index is 4.19. The third-order valence-electron chi connectivity index (χ3n) is 2.34. The van der Waals surface area contributed by atoms with Crippen LogP contribution in [0.25, 0.3) is 0 Å². The van der Waals surface area contributed by atoms with Crippen molar-refractivity contribution in [2.24, 2.45) is 5.92 Å². The molecular weight excluding hydrogens is 210 g/mol. The van der Waals surface area contributed by atoms with Gasteiger partial charge in [-0.25, -0.2) is 4.79 Å². The van der Waals surface area contributed by atoms with E-state index in [0.717, 1.165) is 0 Å². The summed E-state index contributed by atoms with van der Waals surface area (Å²) in [6.45, 7) is 7.21. The summed E-state index contributed by atoms with van der Waals surface area (Å²) < 4.78 is 5.09.